The minimum atomic E-state index is -0.881. The van der Waals surface area contributed by atoms with Gasteiger partial charge in [-0.15, -0.1) is 0 Å². The summed E-state index contributed by atoms with van der Waals surface area (Å²) in [4.78, 5) is 15.2. The van der Waals surface area contributed by atoms with E-state index < -0.39 is 16.9 Å². The highest BCUT2D eigenvalue weighted by atomic mass is 32.2. The first kappa shape index (κ1) is 23.1. The van der Waals surface area contributed by atoms with Crippen LogP contribution in [0.3, 0.4) is 0 Å². The van der Waals surface area contributed by atoms with Crippen LogP contribution in [0.25, 0.3) is 0 Å². The Balaban J connectivity index is 2.19. The maximum absolute atomic E-state index is 12.1. The first-order valence-electron chi connectivity index (χ1n) is 10.7. The Morgan fingerprint density at radius 3 is 1.48 bits per heavy atom. The predicted molar refractivity (Wildman–Crippen MR) is 131 cm³/mol. The molecule has 3 aromatic carbocycles. The maximum atomic E-state index is 12.1. The van der Waals surface area contributed by atoms with Crippen LogP contribution in [0, 0.1) is 6.92 Å². The van der Waals surface area contributed by atoms with Crippen molar-refractivity contribution >= 4 is 16.9 Å². The third-order valence-electron chi connectivity index (χ3n) is 5.50. The molecule has 0 saturated carbocycles. The van der Waals surface area contributed by atoms with Crippen LogP contribution in [0.5, 0.6) is 0 Å². The molecule has 0 aliphatic heterocycles. The summed E-state index contributed by atoms with van der Waals surface area (Å²) in [6.07, 6.45) is 0. The number of benzene rings is 3. The van der Waals surface area contributed by atoms with Crippen LogP contribution in [-0.4, -0.2) is 11.1 Å². The minimum Gasteiger partial charge on any atom is -0.478 e. The van der Waals surface area contributed by atoms with Gasteiger partial charge in [0.15, 0.2) is 14.7 Å². The smallest absolute Gasteiger partial charge is 0.340 e. The van der Waals surface area contributed by atoms with Crippen LogP contribution in [0.15, 0.2) is 81.4 Å². The monoisotopic (exact) mass is 433 g/mol. The quantitative estimate of drug-likeness (QED) is 0.436. The van der Waals surface area contributed by atoms with Gasteiger partial charge >= 0.3 is 5.97 Å². The first-order valence-corrected chi connectivity index (χ1v) is 11.9. The molecule has 0 atom stereocenters. The first-order chi connectivity index (χ1) is 14.4. The van der Waals surface area contributed by atoms with Crippen molar-refractivity contribution in [1.82, 2.24) is 0 Å². The van der Waals surface area contributed by atoms with E-state index in [2.05, 4.69) is 90.1 Å². The van der Waals surface area contributed by atoms with Gasteiger partial charge < -0.3 is 5.11 Å². The molecule has 0 unspecified atom stereocenters. The molecule has 0 bridgehead atoms. The molecular formula is C28H33O2S+. The van der Waals surface area contributed by atoms with Crippen molar-refractivity contribution < 1.29 is 9.90 Å². The molecular weight excluding hydrogens is 400 g/mol. The minimum absolute atomic E-state index is 0.0710. The van der Waals surface area contributed by atoms with Crippen molar-refractivity contribution in [2.24, 2.45) is 0 Å². The summed E-state index contributed by atoms with van der Waals surface area (Å²) in [5.74, 6) is -0.881. The molecule has 0 aliphatic rings. The van der Waals surface area contributed by atoms with Gasteiger partial charge in [-0.25, -0.2) is 4.79 Å². The summed E-state index contributed by atoms with van der Waals surface area (Å²) < 4.78 is 0. The second-order valence-corrected chi connectivity index (χ2v) is 12.2. The molecule has 0 aliphatic carbocycles. The van der Waals surface area contributed by atoms with Gasteiger partial charge in [0.1, 0.15) is 16.5 Å². The van der Waals surface area contributed by atoms with E-state index in [4.69, 9.17) is 0 Å². The van der Waals surface area contributed by atoms with Crippen molar-refractivity contribution in [1.29, 1.82) is 0 Å². The largest absolute Gasteiger partial charge is 0.478 e. The van der Waals surface area contributed by atoms with E-state index in [1.54, 1.807) is 6.07 Å². The summed E-state index contributed by atoms with van der Waals surface area (Å²) in [6.45, 7) is 15.2. The van der Waals surface area contributed by atoms with Gasteiger partial charge in [-0.1, -0.05) is 71.9 Å². The second kappa shape index (κ2) is 8.55. The highest BCUT2D eigenvalue weighted by Crippen LogP contribution is 2.36. The van der Waals surface area contributed by atoms with E-state index in [1.807, 2.05) is 19.1 Å². The summed E-state index contributed by atoms with van der Waals surface area (Å²) in [6, 6.07) is 23.1. The van der Waals surface area contributed by atoms with Crippen LogP contribution >= 0.6 is 0 Å². The molecule has 3 heteroatoms. The molecule has 0 amide bonds. The van der Waals surface area contributed by atoms with Crippen molar-refractivity contribution in [2.75, 3.05) is 0 Å². The lowest BCUT2D eigenvalue weighted by molar-refractivity contribution is 0.0693. The number of aromatic carboxylic acids is 1. The summed E-state index contributed by atoms with van der Waals surface area (Å²) in [7, 11) is -0.506. The van der Waals surface area contributed by atoms with Crippen LogP contribution in [0.1, 0.15) is 68.6 Å². The molecule has 0 saturated heterocycles. The zero-order chi connectivity index (χ0) is 23.0. The van der Waals surface area contributed by atoms with E-state index in [9.17, 15) is 9.90 Å². The zero-order valence-electron chi connectivity index (χ0n) is 19.6. The topological polar surface area (TPSA) is 37.3 Å². The molecule has 3 rings (SSSR count). The van der Waals surface area contributed by atoms with Gasteiger partial charge in [0, 0.05) is 0 Å². The number of carbonyl (C=O) groups is 1. The molecule has 31 heavy (non-hydrogen) atoms. The second-order valence-electron chi connectivity index (χ2n) is 10.2. The van der Waals surface area contributed by atoms with E-state index in [-0.39, 0.29) is 10.8 Å². The van der Waals surface area contributed by atoms with Crippen LogP contribution in [-0.2, 0) is 21.7 Å². The molecule has 0 heterocycles. The van der Waals surface area contributed by atoms with Crippen molar-refractivity contribution in [3.63, 3.8) is 0 Å². The lowest BCUT2D eigenvalue weighted by atomic mass is 9.87. The summed E-state index contributed by atoms with van der Waals surface area (Å²) in [5.41, 5.74) is 4.01. The summed E-state index contributed by atoms with van der Waals surface area (Å²) in [5, 5.41) is 9.94. The molecule has 3 aromatic rings. The number of carboxylic acids is 1. The number of rotatable bonds is 4. The molecule has 162 valence electrons. The molecule has 2 nitrogen and oxygen atoms in total. The van der Waals surface area contributed by atoms with Crippen LogP contribution in [0.2, 0.25) is 0 Å². The predicted octanol–water partition coefficient (Wildman–Crippen LogP) is 7.38. The SMILES string of the molecule is Cc1ccc([S+](c2ccc(C(C)(C)C)cc2)c2ccc(C(C)(C)C)cc2)c(C(=O)O)c1. The van der Waals surface area contributed by atoms with Crippen LogP contribution in [0.4, 0.5) is 0 Å². The zero-order valence-corrected chi connectivity index (χ0v) is 20.4. The third kappa shape index (κ3) is 5.22. The molecule has 0 fully saturated rings. The third-order valence-corrected chi connectivity index (χ3v) is 7.78. The van der Waals surface area contributed by atoms with E-state index in [1.165, 1.54) is 11.1 Å². The van der Waals surface area contributed by atoms with Crippen molar-refractivity contribution in [2.45, 2.75) is 74.0 Å². The summed E-state index contributed by atoms with van der Waals surface area (Å²) >= 11 is 0. The normalized spacial score (nSPS) is 12.3. The molecule has 0 radical (unpaired) electrons. The van der Waals surface area contributed by atoms with Crippen molar-refractivity contribution in [3.8, 4) is 0 Å². The Hall–Kier alpha value is -2.52. The average molecular weight is 434 g/mol. The lowest BCUT2D eigenvalue weighted by Gasteiger charge is -2.20. The molecule has 0 aromatic heterocycles. The van der Waals surface area contributed by atoms with Gasteiger partial charge in [-0.3, -0.25) is 0 Å². The number of aryl methyl sites for hydroxylation is 1. The standard InChI is InChI=1S/C28H32O2S/c1-19-8-17-25(24(18-19)26(29)30)31(22-13-9-20(10-14-22)27(2,3)4)23-15-11-21(12-16-23)28(5,6)7/h8-18H,1-7H3/p+1. The van der Waals surface area contributed by atoms with Gasteiger partial charge in [-0.2, -0.15) is 0 Å². The Kier molecular flexibility index (Phi) is 6.38. The van der Waals surface area contributed by atoms with E-state index in [0.29, 0.717) is 5.56 Å². The molecule has 0 spiro atoms. The molecule has 1 N–H and O–H groups in total. The van der Waals surface area contributed by atoms with Crippen LogP contribution < -0.4 is 0 Å². The van der Waals surface area contributed by atoms with Gasteiger partial charge in [-0.05, 0) is 70.8 Å². The van der Waals surface area contributed by atoms with Gasteiger partial charge in [0.25, 0.3) is 0 Å². The maximum Gasteiger partial charge on any atom is 0.340 e. The highest BCUT2D eigenvalue weighted by molar-refractivity contribution is 7.97. The van der Waals surface area contributed by atoms with Gasteiger partial charge in [0.2, 0.25) is 0 Å². The van der Waals surface area contributed by atoms with E-state index >= 15 is 0 Å². The fourth-order valence-corrected chi connectivity index (χ4v) is 5.73. The number of carboxylic acid groups (broad SMARTS) is 1. The highest BCUT2D eigenvalue weighted by Gasteiger charge is 2.34. The number of hydrogen-bond donors (Lipinski definition) is 1. The Bertz CT molecular complexity index is 1010. The fraction of sp³-hybridized carbons (Fsp3) is 0.321. The Morgan fingerprint density at radius 1 is 0.710 bits per heavy atom. The van der Waals surface area contributed by atoms with Gasteiger partial charge in [0.05, 0.1) is 0 Å². The Morgan fingerprint density at radius 2 is 1.13 bits per heavy atom. The number of hydrogen-bond acceptors (Lipinski definition) is 1. The fourth-order valence-electron chi connectivity index (χ4n) is 3.56. The van der Waals surface area contributed by atoms with Crippen molar-refractivity contribution in [3.05, 3.63) is 89.0 Å². The average Bonchev–Trinajstić information content (AvgIpc) is 2.68. The Labute approximate surface area is 189 Å². The van der Waals surface area contributed by atoms with E-state index in [0.717, 1.165) is 20.2 Å². The lowest BCUT2D eigenvalue weighted by Crippen LogP contribution is -2.14.